The Morgan fingerprint density at radius 2 is 2.00 bits per heavy atom. The highest BCUT2D eigenvalue weighted by Gasteiger charge is 2.16. The first-order chi connectivity index (χ1) is 7.26. The van der Waals surface area contributed by atoms with Crippen molar-refractivity contribution in [2.75, 3.05) is 39.8 Å². The van der Waals surface area contributed by atoms with Crippen LogP contribution >= 0.6 is 0 Å². The molecule has 15 heavy (non-hydrogen) atoms. The van der Waals surface area contributed by atoms with Crippen LogP contribution in [0.3, 0.4) is 0 Å². The van der Waals surface area contributed by atoms with Crippen LogP contribution in [-0.4, -0.2) is 49.6 Å². The molecule has 0 aromatic rings. The predicted molar refractivity (Wildman–Crippen MR) is 65.8 cm³/mol. The third-order valence-corrected chi connectivity index (χ3v) is 3.27. The smallest absolute Gasteiger partial charge is 0.0227 e. The minimum absolute atomic E-state index is 0.662. The summed E-state index contributed by atoms with van der Waals surface area (Å²) in [6.07, 6.45) is 2.52. The van der Waals surface area contributed by atoms with Gasteiger partial charge in [-0.25, -0.2) is 0 Å². The molecule has 1 saturated heterocycles. The van der Waals surface area contributed by atoms with Crippen LogP contribution in [0, 0.1) is 17.8 Å². The minimum Gasteiger partial charge on any atom is -0.305 e. The zero-order valence-electron chi connectivity index (χ0n) is 10.4. The Bertz CT molecular complexity index is 218. The number of rotatable bonds is 4. The van der Waals surface area contributed by atoms with Gasteiger partial charge in [-0.15, -0.1) is 11.8 Å². The molecule has 1 fully saturated rings. The molecule has 2 heteroatoms. The summed E-state index contributed by atoms with van der Waals surface area (Å²) in [6.45, 7) is 10.2. The molecule has 0 saturated carbocycles. The maximum Gasteiger partial charge on any atom is 0.0227 e. The molecule has 1 aliphatic heterocycles. The average Bonchev–Trinajstić information content (AvgIpc) is 2.28. The van der Waals surface area contributed by atoms with Crippen molar-refractivity contribution in [2.24, 2.45) is 5.92 Å². The van der Waals surface area contributed by atoms with Gasteiger partial charge in [0.25, 0.3) is 0 Å². The fourth-order valence-corrected chi connectivity index (χ4v) is 1.98. The summed E-state index contributed by atoms with van der Waals surface area (Å²) in [5.74, 6) is 6.99. The molecule has 0 radical (unpaired) electrons. The molecule has 0 aromatic heterocycles. The second-order valence-corrected chi connectivity index (χ2v) is 4.41. The molecular formula is C13H24N2. The summed E-state index contributed by atoms with van der Waals surface area (Å²) in [6, 6.07) is 0. The lowest BCUT2D eigenvalue weighted by Gasteiger charge is -2.30. The van der Waals surface area contributed by atoms with E-state index in [0.717, 1.165) is 6.54 Å². The molecule has 1 rings (SSSR count). The average molecular weight is 208 g/mol. The summed E-state index contributed by atoms with van der Waals surface area (Å²) < 4.78 is 0. The number of nitrogens with zero attached hydrogens (tertiary/aromatic N) is 2. The summed E-state index contributed by atoms with van der Waals surface area (Å²) in [5.41, 5.74) is 0. The largest absolute Gasteiger partial charge is 0.305 e. The van der Waals surface area contributed by atoms with Crippen molar-refractivity contribution in [2.45, 2.75) is 26.7 Å². The van der Waals surface area contributed by atoms with Gasteiger partial charge >= 0.3 is 0 Å². The van der Waals surface area contributed by atoms with Crippen molar-refractivity contribution < 1.29 is 0 Å². The van der Waals surface area contributed by atoms with Gasteiger partial charge in [-0.1, -0.05) is 6.92 Å². The SMILES string of the molecule is CC#CC1CCN(CCN(C)CC)CC1. The Labute approximate surface area is 94.6 Å². The molecule has 0 atom stereocenters. The number of hydrogen-bond acceptors (Lipinski definition) is 2. The fourth-order valence-electron chi connectivity index (χ4n) is 1.98. The van der Waals surface area contributed by atoms with E-state index in [2.05, 4.69) is 35.6 Å². The van der Waals surface area contributed by atoms with Crippen LogP contribution in [0.2, 0.25) is 0 Å². The Morgan fingerprint density at radius 1 is 1.33 bits per heavy atom. The number of likely N-dealkylation sites (N-methyl/N-ethyl adjacent to an activating group) is 1. The van der Waals surface area contributed by atoms with E-state index in [4.69, 9.17) is 0 Å². The molecule has 0 unspecified atom stereocenters. The molecule has 2 nitrogen and oxygen atoms in total. The summed E-state index contributed by atoms with van der Waals surface area (Å²) in [5, 5.41) is 0. The highest BCUT2D eigenvalue weighted by molar-refractivity contribution is 5.02. The third-order valence-electron chi connectivity index (χ3n) is 3.27. The van der Waals surface area contributed by atoms with E-state index in [-0.39, 0.29) is 0 Å². The Morgan fingerprint density at radius 3 is 2.53 bits per heavy atom. The van der Waals surface area contributed by atoms with E-state index in [9.17, 15) is 0 Å². The first kappa shape index (κ1) is 12.5. The van der Waals surface area contributed by atoms with Gasteiger partial charge in [0.05, 0.1) is 0 Å². The van der Waals surface area contributed by atoms with E-state index in [1.54, 1.807) is 0 Å². The minimum atomic E-state index is 0.662. The van der Waals surface area contributed by atoms with Crippen LogP contribution in [0.4, 0.5) is 0 Å². The lowest BCUT2D eigenvalue weighted by atomic mass is 9.97. The van der Waals surface area contributed by atoms with E-state index < -0.39 is 0 Å². The van der Waals surface area contributed by atoms with E-state index in [1.807, 2.05) is 6.92 Å². The van der Waals surface area contributed by atoms with Crippen LogP contribution in [0.1, 0.15) is 26.7 Å². The first-order valence-electron chi connectivity index (χ1n) is 6.09. The quantitative estimate of drug-likeness (QED) is 0.649. The highest BCUT2D eigenvalue weighted by Crippen LogP contribution is 2.15. The Balaban J connectivity index is 2.16. The maximum absolute atomic E-state index is 3.29. The van der Waals surface area contributed by atoms with Crippen LogP contribution in [0.15, 0.2) is 0 Å². The van der Waals surface area contributed by atoms with Gasteiger partial charge in [0, 0.05) is 19.0 Å². The maximum atomic E-state index is 3.29. The topological polar surface area (TPSA) is 6.48 Å². The third kappa shape index (κ3) is 4.68. The fraction of sp³-hybridized carbons (Fsp3) is 0.846. The van der Waals surface area contributed by atoms with Crippen LogP contribution < -0.4 is 0 Å². The molecule has 1 heterocycles. The summed E-state index contributed by atoms with van der Waals surface area (Å²) in [7, 11) is 2.19. The van der Waals surface area contributed by atoms with Crippen molar-refractivity contribution in [3.05, 3.63) is 0 Å². The van der Waals surface area contributed by atoms with E-state index >= 15 is 0 Å². The van der Waals surface area contributed by atoms with E-state index in [0.29, 0.717) is 5.92 Å². The summed E-state index contributed by atoms with van der Waals surface area (Å²) >= 11 is 0. The van der Waals surface area contributed by atoms with Crippen LogP contribution in [0.25, 0.3) is 0 Å². The van der Waals surface area contributed by atoms with Gasteiger partial charge in [0.15, 0.2) is 0 Å². The second kappa shape index (κ2) is 6.87. The zero-order chi connectivity index (χ0) is 11.1. The van der Waals surface area contributed by atoms with Crippen molar-refractivity contribution in [1.82, 2.24) is 9.80 Å². The van der Waals surface area contributed by atoms with Gasteiger partial charge in [0.1, 0.15) is 0 Å². The first-order valence-corrected chi connectivity index (χ1v) is 6.09. The van der Waals surface area contributed by atoms with Gasteiger partial charge in [-0.2, -0.15) is 0 Å². The molecule has 0 aliphatic carbocycles. The van der Waals surface area contributed by atoms with Crippen LogP contribution in [0.5, 0.6) is 0 Å². The molecule has 0 amide bonds. The molecule has 0 aromatic carbocycles. The van der Waals surface area contributed by atoms with Crippen molar-refractivity contribution in [3.8, 4) is 11.8 Å². The molecular weight excluding hydrogens is 184 g/mol. The normalized spacial score (nSPS) is 18.9. The molecule has 0 N–H and O–H groups in total. The van der Waals surface area contributed by atoms with Crippen molar-refractivity contribution in [3.63, 3.8) is 0 Å². The van der Waals surface area contributed by atoms with Crippen LogP contribution in [-0.2, 0) is 0 Å². The number of piperidine rings is 1. The monoisotopic (exact) mass is 208 g/mol. The van der Waals surface area contributed by atoms with Gasteiger partial charge in [-0.05, 0) is 46.4 Å². The highest BCUT2D eigenvalue weighted by atomic mass is 15.2. The van der Waals surface area contributed by atoms with Gasteiger partial charge in [0.2, 0.25) is 0 Å². The van der Waals surface area contributed by atoms with Gasteiger partial charge in [-0.3, -0.25) is 0 Å². The molecule has 0 spiro atoms. The Kier molecular flexibility index (Phi) is 5.75. The zero-order valence-corrected chi connectivity index (χ0v) is 10.4. The van der Waals surface area contributed by atoms with Crippen molar-refractivity contribution in [1.29, 1.82) is 0 Å². The van der Waals surface area contributed by atoms with Gasteiger partial charge < -0.3 is 9.80 Å². The standard InChI is InChI=1S/C13H24N2/c1-4-6-13-7-9-15(10-8-13)12-11-14(3)5-2/h13H,5,7-12H2,1-3H3. The number of likely N-dealkylation sites (tertiary alicyclic amines) is 1. The molecule has 86 valence electrons. The molecule has 1 aliphatic rings. The lowest BCUT2D eigenvalue weighted by Crippen LogP contribution is -2.38. The molecule has 0 bridgehead atoms. The lowest BCUT2D eigenvalue weighted by molar-refractivity contribution is 0.183. The Hall–Kier alpha value is -0.520. The predicted octanol–water partition coefficient (Wildman–Crippen LogP) is 1.67. The van der Waals surface area contributed by atoms with Crippen molar-refractivity contribution >= 4 is 0 Å². The second-order valence-electron chi connectivity index (χ2n) is 4.41. The number of hydrogen-bond donors (Lipinski definition) is 0. The summed E-state index contributed by atoms with van der Waals surface area (Å²) in [4.78, 5) is 4.94. The van der Waals surface area contributed by atoms with E-state index in [1.165, 1.54) is 39.0 Å².